The largest absolute Gasteiger partial charge is 0.320 e. The maximum atomic E-state index is 12.2. The lowest BCUT2D eigenvalue weighted by Gasteiger charge is -2.12. The second-order valence-electron chi connectivity index (χ2n) is 4.57. The Hall–Kier alpha value is -1.62. The Bertz CT molecular complexity index is 585. The van der Waals surface area contributed by atoms with Gasteiger partial charge in [-0.2, -0.15) is 0 Å². The number of hydrogen-bond donors (Lipinski definition) is 1. The van der Waals surface area contributed by atoms with Gasteiger partial charge in [-0.3, -0.25) is 10.1 Å². The quantitative estimate of drug-likeness (QED) is 0.903. The molecule has 18 heavy (non-hydrogen) atoms. The Kier molecular flexibility index (Phi) is 2.91. The summed E-state index contributed by atoms with van der Waals surface area (Å²) in [6.45, 7) is 0. The van der Waals surface area contributed by atoms with Gasteiger partial charge in [-0.05, 0) is 31.2 Å². The molecule has 5 heteroatoms. The predicted octanol–water partition coefficient (Wildman–Crippen LogP) is 2.61. The van der Waals surface area contributed by atoms with Crippen molar-refractivity contribution in [1.82, 2.24) is 9.55 Å². The molecule has 0 saturated carbocycles. The normalized spacial score (nSPS) is 14.3. The molecule has 0 atom stereocenters. The maximum Gasteiger partial charge on any atom is 0.259 e. The van der Waals surface area contributed by atoms with Crippen LogP contribution in [-0.4, -0.2) is 15.5 Å². The third-order valence-corrected chi connectivity index (χ3v) is 4.44. The van der Waals surface area contributed by atoms with Gasteiger partial charge in [-0.1, -0.05) is 0 Å². The van der Waals surface area contributed by atoms with Crippen molar-refractivity contribution in [3.63, 3.8) is 0 Å². The highest BCUT2D eigenvalue weighted by Gasteiger charge is 2.20. The number of amides is 1. The van der Waals surface area contributed by atoms with E-state index in [1.54, 1.807) is 22.1 Å². The summed E-state index contributed by atoms with van der Waals surface area (Å²) in [5.74, 6) is 0.555. The first-order chi connectivity index (χ1) is 8.75. The van der Waals surface area contributed by atoms with E-state index in [0.717, 1.165) is 18.4 Å². The number of thiophene rings is 1. The first-order valence-corrected chi connectivity index (χ1v) is 7.01. The van der Waals surface area contributed by atoms with Crippen LogP contribution in [0.2, 0.25) is 0 Å². The van der Waals surface area contributed by atoms with Gasteiger partial charge in [0.25, 0.3) is 5.91 Å². The summed E-state index contributed by atoms with van der Waals surface area (Å²) in [5.41, 5.74) is 2.08. The first-order valence-electron chi connectivity index (χ1n) is 6.13. The molecule has 2 heterocycles. The zero-order chi connectivity index (χ0) is 12.5. The minimum absolute atomic E-state index is 0.0382. The Morgan fingerprint density at radius 3 is 3.06 bits per heavy atom. The molecular formula is C13H15N3OS. The van der Waals surface area contributed by atoms with Crippen LogP contribution in [0.1, 0.15) is 33.6 Å². The van der Waals surface area contributed by atoms with Crippen molar-refractivity contribution >= 4 is 23.2 Å². The van der Waals surface area contributed by atoms with E-state index in [2.05, 4.69) is 10.3 Å². The Morgan fingerprint density at radius 1 is 1.44 bits per heavy atom. The Labute approximate surface area is 110 Å². The van der Waals surface area contributed by atoms with E-state index >= 15 is 0 Å². The molecule has 2 aromatic rings. The molecule has 0 spiro atoms. The summed E-state index contributed by atoms with van der Waals surface area (Å²) < 4.78 is 1.80. The Morgan fingerprint density at radius 2 is 2.28 bits per heavy atom. The minimum Gasteiger partial charge on any atom is -0.320 e. The van der Waals surface area contributed by atoms with Crippen LogP contribution in [0.5, 0.6) is 0 Å². The number of nitrogens with one attached hydrogen (secondary N) is 1. The molecule has 2 aromatic heterocycles. The molecule has 0 bridgehead atoms. The first kappa shape index (κ1) is 11.5. The number of rotatable bonds is 2. The second kappa shape index (κ2) is 4.57. The minimum atomic E-state index is -0.0382. The summed E-state index contributed by atoms with van der Waals surface area (Å²) >= 11 is 1.71. The van der Waals surface area contributed by atoms with Crippen LogP contribution in [0.3, 0.4) is 0 Å². The fourth-order valence-corrected chi connectivity index (χ4v) is 3.47. The molecule has 3 rings (SSSR count). The summed E-state index contributed by atoms with van der Waals surface area (Å²) in [4.78, 5) is 17.7. The zero-order valence-corrected chi connectivity index (χ0v) is 11.1. The van der Waals surface area contributed by atoms with Crippen molar-refractivity contribution in [1.29, 1.82) is 0 Å². The molecule has 1 N–H and O–H groups in total. The maximum absolute atomic E-state index is 12.2. The molecule has 0 saturated heterocycles. The van der Waals surface area contributed by atoms with E-state index in [0.29, 0.717) is 5.95 Å². The van der Waals surface area contributed by atoms with Crippen molar-refractivity contribution in [3.8, 4) is 0 Å². The van der Waals surface area contributed by atoms with Gasteiger partial charge in [0.05, 0.1) is 5.56 Å². The molecular weight excluding hydrogens is 246 g/mol. The monoisotopic (exact) mass is 261 g/mol. The molecule has 0 fully saturated rings. The third kappa shape index (κ3) is 1.95. The van der Waals surface area contributed by atoms with E-state index in [1.807, 2.05) is 18.6 Å². The average molecular weight is 261 g/mol. The number of hydrogen-bond acceptors (Lipinski definition) is 3. The fraction of sp³-hybridized carbons (Fsp3) is 0.385. The van der Waals surface area contributed by atoms with Crippen molar-refractivity contribution in [2.24, 2.45) is 7.05 Å². The molecule has 1 aliphatic rings. The van der Waals surface area contributed by atoms with Gasteiger partial charge in [0.1, 0.15) is 0 Å². The molecule has 4 nitrogen and oxygen atoms in total. The van der Waals surface area contributed by atoms with Crippen LogP contribution >= 0.6 is 11.3 Å². The number of fused-ring (bicyclic) bond motifs is 1. The van der Waals surface area contributed by atoms with Crippen LogP contribution in [0, 0.1) is 0 Å². The molecule has 0 aromatic carbocycles. The highest BCUT2D eigenvalue weighted by molar-refractivity contribution is 7.10. The third-order valence-electron chi connectivity index (χ3n) is 3.35. The molecule has 1 amide bonds. The number of nitrogens with zero attached hydrogens (tertiary/aromatic N) is 2. The van der Waals surface area contributed by atoms with Gasteiger partial charge in [0.15, 0.2) is 0 Å². The van der Waals surface area contributed by atoms with E-state index in [-0.39, 0.29) is 5.91 Å². The van der Waals surface area contributed by atoms with Gasteiger partial charge in [-0.25, -0.2) is 4.98 Å². The zero-order valence-electron chi connectivity index (χ0n) is 10.3. The standard InChI is InChI=1S/C13H15N3OS/c1-16-7-6-14-13(16)15-12(17)10-8-18-11-5-3-2-4-9(10)11/h6-8H,2-5H2,1H3,(H,14,15,17). The van der Waals surface area contributed by atoms with Crippen LogP contribution in [0.25, 0.3) is 0 Å². The molecule has 0 unspecified atom stereocenters. The fourth-order valence-electron chi connectivity index (χ4n) is 2.34. The Balaban J connectivity index is 1.85. The number of carbonyl (C=O) groups is 1. The summed E-state index contributed by atoms with van der Waals surface area (Å²) in [6.07, 6.45) is 8.08. The highest BCUT2D eigenvalue weighted by Crippen LogP contribution is 2.30. The smallest absolute Gasteiger partial charge is 0.259 e. The lowest BCUT2D eigenvalue weighted by molar-refractivity contribution is 0.102. The summed E-state index contributed by atoms with van der Waals surface area (Å²) in [5, 5.41) is 4.84. The van der Waals surface area contributed by atoms with Gasteiger partial charge >= 0.3 is 0 Å². The van der Waals surface area contributed by atoms with E-state index < -0.39 is 0 Å². The summed E-state index contributed by atoms with van der Waals surface area (Å²) in [7, 11) is 1.87. The molecule has 0 radical (unpaired) electrons. The number of carbonyl (C=O) groups excluding carboxylic acids is 1. The van der Waals surface area contributed by atoms with Crippen LogP contribution in [-0.2, 0) is 19.9 Å². The summed E-state index contributed by atoms with van der Waals surface area (Å²) in [6, 6.07) is 0. The molecule has 0 aliphatic heterocycles. The highest BCUT2D eigenvalue weighted by atomic mass is 32.1. The van der Waals surface area contributed by atoms with Crippen LogP contribution in [0.15, 0.2) is 17.8 Å². The predicted molar refractivity (Wildman–Crippen MR) is 72.1 cm³/mol. The number of anilines is 1. The van der Waals surface area contributed by atoms with E-state index in [9.17, 15) is 4.79 Å². The lowest BCUT2D eigenvalue weighted by Crippen LogP contribution is -2.16. The van der Waals surface area contributed by atoms with E-state index in [4.69, 9.17) is 0 Å². The van der Waals surface area contributed by atoms with E-state index in [1.165, 1.54) is 23.3 Å². The van der Waals surface area contributed by atoms with Crippen molar-refractivity contribution < 1.29 is 4.79 Å². The van der Waals surface area contributed by atoms with Crippen molar-refractivity contribution in [2.45, 2.75) is 25.7 Å². The number of aromatic nitrogens is 2. The van der Waals surface area contributed by atoms with Gasteiger partial charge in [0, 0.05) is 29.7 Å². The average Bonchev–Trinajstić information content (AvgIpc) is 2.96. The SMILES string of the molecule is Cn1ccnc1NC(=O)c1csc2c1CCCC2. The van der Waals surface area contributed by atoms with Crippen LogP contribution in [0.4, 0.5) is 5.95 Å². The van der Waals surface area contributed by atoms with Crippen LogP contribution < -0.4 is 5.32 Å². The van der Waals surface area contributed by atoms with Gasteiger partial charge in [0.2, 0.25) is 5.95 Å². The topological polar surface area (TPSA) is 46.9 Å². The van der Waals surface area contributed by atoms with Gasteiger partial charge < -0.3 is 4.57 Å². The number of aryl methyl sites for hydroxylation is 2. The van der Waals surface area contributed by atoms with Gasteiger partial charge in [-0.15, -0.1) is 11.3 Å². The van der Waals surface area contributed by atoms with Crippen molar-refractivity contribution in [2.75, 3.05) is 5.32 Å². The molecule has 94 valence electrons. The number of imidazole rings is 1. The second-order valence-corrected chi connectivity index (χ2v) is 5.54. The molecule has 1 aliphatic carbocycles. The lowest BCUT2D eigenvalue weighted by atomic mass is 9.96. The van der Waals surface area contributed by atoms with Crippen molar-refractivity contribution in [3.05, 3.63) is 33.8 Å².